The predicted molar refractivity (Wildman–Crippen MR) is 137 cm³/mol. The van der Waals surface area contributed by atoms with Crippen LogP contribution in [0.5, 0.6) is 0 Å². The summed E-state index contributed by atoms with van der Waals surface area (Å²) < 4.78 is 49.4. The van der Waals surface area contributed by atoms with Gasteiger partial charge in [-0.25, -0.2) is 27.7 Å². The van der Waals surface area contributed by atoms with Crippen LogP contribution < -0.4 is 9.80 Å². The summed E-state index contributed by atoms with van der Waals surface area (Å²) in [6.45, 7) is 0.105. The number of aromatic nitrogens is 1. The van der Waals surface area contributed by atoms with Gasteiger partial charge in [-0.3, -0.25) is 4.79 Å². The molecule has 9 nitrogen and oxygen atoms in total. The average molecular weight is 637 g/mol. The van der Waals surface area contributed by atoms with E-state index in [0.29, 0.717) is 3.57 Å². The zero-order valence-electron chi connectivity index (χ0n) is 19.0. The fraction of sp³-hybridized carbons (Fsp3) is 0.120. The van der Waals surface area contributed by atoms with Crippen LogP contribution in [0.2, 0.25) is 0 Å². The van der Waals surface area contributed by atoms with Gasteiger partial charge in [0, 0.05) is 40.7 Å². The third-order valence-electron chi connectivity index (χ3n) is 6.16. The third-order valence-corrected chi connectivity index (χ3v) is 6.93. The van der Waals surface area contributed by atoms with Gasteiger partial charge in [0.25, 0.3) is 0 Å². The van der Waals surface area contributed by atoms with Gasteiger partial charge in [0.05, 0.1) is 21.6 Å². The fourth-order valence-corrected chi connectivity index (χ4v) is 5.01. The van der Waals surface area contributed by atoms with Crippen molar-refractivity contribution in [1.29, 1.82) is 0 Å². The minimum absolute atomic E-state index is 0.00858. The number of anilines is 2. The maximum atomic E-state index is 15.8. The Balaban J connectivity index is 1.57. The molecule has 0 unspecified atom stereocenters. The molecule has 13 heteroatoms. The zero-order valence-corrected chi connectivity index (χ0v) is 21.2. The average Bonchev–Trinajstić information content (AvgIpc) is 3.49. The number of halogens is 4. The highest BCUT2D eigenvalue weighted by atomic mass is 127. The van der Waals surface area contributed by atoms with Crippen molar-refractivity contribution in [3.63, 3.8) is 0 Å². The third kappa shape index (κ3) is 4.21. The Morgan fingerprint density at radius 1 is 1.08 bits per heavy atom. The van der Waals surface area contributed by atoms with Gasteiger partial charge < -0.3 is 19.5 Å². The number of rotatable bonds is 4. The van der Waals surface area contributed by atoms with E-state index in [4.69, 9.17) is 4.42 Å². The van der Waals surface area contributed by atoms with Crippen LogP contribution >= 0.6 is 22.6 Å². The van der Waals surface area contributed by atoms with Crippen LogP contribution in [0.1, 0.15) is 11.1 Å². The first-order valence-corrected chi connectivity index (χ1v) is 12.0. The first-order chi connectivity index (χ1) is 18.1. The molecule has 0 bridgehead atoms. The largest absolute Gasteiger partial charge is 0.464 e. The van der Waals surface area contributed by atoms with Gasteiger partial charge in [-0.05, 0) is 59.3 Å². The van der Waals surface area contributed by atoms with Crippen LogP contribution in [-0.2, 0) is 17.6 Å². The van der Waals surface area contributed by atoms with Crippen LogP contribution in [0.4, 0.5) is 34.3 Å². The Kier molecular flexibility index (Phi) is 6.46. The van der Waals surface area contributed by atoms with Gasteiger partial charge in [0.1, 0.15) is 17.5 Å². The Hall–Kier alpha value is -4.14. The molecule has 0 spiro atoms. The van der Waals surface area contributed by atoms with Crippen molar-refractivity contribution in [2.75, 3.05) is 16.3 Å². The van der Waals surface area contributed by atoms with E-state index in [1.807, 2.05) is 22.6 Å². The minimum Gasteiger partial charge on any atom is -0.464 e. The number of hydrogen-bond donors (Lipinski definition) is 2. The molecule has 0 radical (unpaired) electrons. The molecular formula is C25H15F3IN3O6. The number of pyridine rings is 1. The van der Waals surface area contributed by atoms with Crippen LogP contribution in [0.25, 0.3) is 22.1 Å². The molecule has 5 rings (SSSR count). The molecule has 3 heterocycles. The molecule has 2 aromatic heterocycles. The summed E-state index contributed by atoms with van der Waals surface area (Å²) in [6, 6.07) is 5.63. The Morgan fingerprint density at radius 3 is 2.53 bits per heavy atom. The topological polar surface area (TPSA) is 124 Å². The smallest absolute Gasteiger partial charge is 0.422 e. The second kappa shape index (κ2) is 9.63. The van der Waals surface area contributed by atoms with Gasteiger partial charge in [-0.15, -0.1) is 0 Å². The first kappa shape index (κ1) is 25.5. The van der Waals surface area contributed by atoms with E-state index in [0.717, 1.165) is 18.2 Å². The number of carbonyl (C=O) groups is 3. The molecule has 0 fully saturated rings. The number of furan rings is 1. The molecule has 0 atom stereocenters. The normalized spacial score (nSPS) is 12.6. The van der Waals surface area contributed by atoms with Gasteiger partial charge >= 0.3 is 12.2 Å². The number of hydrogen-bond acceptors (Lipinski definition) is 5. The quantitative estimate of drug-likeness (QED) is 0.271. The number of fused-ring (bicyclic) bond motifs is 2. The summed E-state index contributed by atoms with van der Waals surface area (Å²) in [4.78, 5) is 41.4. The van der Waals surface area contributed by atoms with Crippen molar-refractivity contribution in [1.82, 2.24) is 4.98 Å². The summed E-state index contributed by atoms with van der Waals surface area (Å²) in [5.74, 6) is -3.17. The Bertz CT molecular complexity index is 1640. The lowest BCUT2D eigenvalue weighted by atomic mass is 10.00. The SMILES string of the molecule is O=C(Cc1cc(F)ccc1F)N1CCc2c1ccc(-c1coc3c(I)cnc(N(C(=O)O)C(=O)O)c13)c2F. The summed E-state index contributed by atoms with van der Waals surface area (Å²) in [5.41, 5.74) is 0.479. The number of carbonyl (C=O) groups excluding carboxylic acids is 1. The second-order valence-electron chi connectivity index (χ2n) is 8.32. The molecule has 3 amide bonds. The van der Waals surface area contributed by atoms with E-state index >= 15 is 4.39 Å². The van der Waals surface area contributed by atoms with Crippen molar-refractivity contribution in [2.24, 2.45) is 0 Å². The van der Waals surface area contributed by atoms with Gasteiger partial charge in [0.2, 0.25) is 5.91 Å². The maximum Gasteiger partial charge on any atom is 0.422 e. The van der Waals surface area contributed by atoms with Crippen molar-refractivity contribution >= 4 is 63.2 Å². The molecule has 1 aliphatic heterocycles. The number of amides is 3. The highest BCUT2D eigenvalue weighted by molar-refractivity contribution is 14.1. The van der Waals surface area contributed by atoms with Crippen molar-refractivity contribution in [3.05, 3.63) is 74.9 Å². The highest BCUT2D eigenvalue weighted by Crippen LogP contribution is 2.42. The maximum absolute atomic E-state index is 15.8. The van der Waals surface area contributed by atoms with E-state index in [-0.39, 0.29) is 56.8 Å². The summed E-state index contributed by atoms with van der Waals surface area (Å²) in [5, 5.41) is 18.9. The van der Waals surface area contributed by atoms with Crippen molar-refractivity contribution < 1.29 is 42.2 Å². The van der Waals surface area contributed by atoms with E-state index in [1.165, 1.54) is 29.5 Å². The van der Waals surface area contributed by atoms with E-state index in [1.54, 1.807) is 0 Å². The molecule has 194 valence electrons. The summed E-state index contributed by atoms with van der Waals surface area (Å²) >= 11 is 1.87. The predicted octanol–water partition coefficient (Wildman–Crippen LogP) is 5.81. The molecular weight excluding hydrogens is 622 g/mol. The summed E-state index contributed by atoms with van der Waals surface area (Å²) in [6.07, 6.45) is -1.51. The summed E-state index contributed by atoms with van der Waals surface area (Å²) in [7, 11) is 0. The van der Waals surface area contributed by atoms with Gasteiger partial charge in [-0.2, -0.15) is 4.90 Å². The van der Waals surface area contributed by atoms with Crippen LogP contribution in [0, 0.1) is 21.0 Å². The number of nitrogens with zero attached hydrogens (tertiary/aromatic N) is 3. The second-order valence-corrected chi connectivity index (χ2v) is 9.48. The Morgan fingerprint density at radius 2 is 1.82 bits per heavy atom. The lowest BCUT2D eigenvalue weighted by molar-refractivity contribution is -0.117. The zero-order chi connectivity index (χ0) is 27.3. The fourth-order valence-electron chi connectivity index (χ4n) is 4.48. The standard InChI is InChI=1S/C25H15F3IN3O6/c26-12-1-3-16(27)11(7-12)8-19(33)31-6-5-14-18(31)4-2-13(21(14)28)15-10-38-22-17(29)9-30-23(20(15)22)32(24(34)35)25(36)37/h1-4,7,9-10H,5-6,8H2,(H,34,35)(H,36,37). The molecule has 1 aliphatic rings. The highest BCUT2D eigenvalue weighted by Gasteiger charge is 2.32. The monoisotopic (exact) mass is 637 g/mol. The molecule has 2 aromatic carbocycles. The lowest BCUT2D eigenvalue weighted by Gasteiger charge is -2.18. The van der Waals surface area contributed by atoms with Gasteiger partial charge in [-0.1, -0.05) is 0 Å². The molecule has 4 aromatic rings. The molecule has 2 N–H and O–H groups in total. The van der Waals surface area contributed by atoms with Crippen molar-refractivity contribution in [3.8, 4) is 11.1 Å². The van der Waals surface area contributed by atoms with E-state index < -0.39 is 47.8 Å². The van der Waals surface area contributed by atoms with Crippen LogP contribution in [-0.4, -0.2) is 39.8 Å². The Labute approximate surface area is 225 Å². The number of benzene rings is 2. The lowest BCUT2D eigenvalue weighted by Crippen LogP contribution is -2.35. The molecule has 0 aliphatic carbocycles. The molecule has 38 heavy (non-hydrogen) atoms. The number of carboxylic acid groups (broad SMARTS) is 2. The first-order valence-electron chi connectivity index (χ1n) is 11.0. The van der Waals surface area contributed by atoms with E-state index in [2.05, 4.69) is 4.98 Å². The van der Waals surface area contributed by atoms with Crippen LogP contribution in [0.15, 0.2) is 47.2 Å². The molecule has 0 saturated heterocycles. The van der Waals surface area contributed by atoms with E-state index in [9.17, 15) is 33.4 Å². The molecule has 0 saturated carbocycles. The minimum atomic E-state index is -1.81. The number of imide groups is 1. The van der Waals surface area contributed by atoms with Crippen LogP contribution in [0.3, 0.4) is 0 Å². The van der Waals surface area contributed by atoms with Crippen molar-refractivity contribution in [2.45, 2.75) is 12.8 Å². The van der Waals surface area contributed by atoms with Gasteiger partial charge in [0.15, 0.2) is 11.4 Å².